The zero-order valence-electron chi connectivity index (χ0n) is 11.9. The second-order valence-corrected chi connectivity index (χ2v) is 4.90. The molecule has 105 valence electrons. The molecule has 0 unspecified atom stereocenters. The fraction of sp³-hybridized carbons (Fsp3) is 0.143. The Hall–Kier alpha value is -0.690. The summed E-state index contributed by atoms with van der Waals surface area (Å²) in [6, 6.07) is 16.7. The largest absolute Gasteiger partial charge is 0.394 e. The average molecular weight is 305 g/mol. The second kappa shape index (κ2) is 11.0. The molecule has 2 aromatic carbocycles. The monoisotopic (exact) mass is 305 g/mol. The molecule has 0 aliphatic heterocycles. The maximum atomic E-state index is 8.74. The molecule has 0 aliphatic rings. The molecule has 6 heteroatoms. The molecule has 2 aromatic rings. The van der Waals surface area contributed by atoms with E-state index in [1.807, 2.05) is 13.8 Å². The fourth-order valence-electron chi connectivity index (χ4n) is 1.13. The van der Waals surface area contributed by atoms with Gasteiger partial charge in [-0.1, -0.05) is 54.1 Å². The third kappa shape index (κ3) is 15.4. The van der Waals surface area contributed by atoms with Crippen LogP contribution in [0.25, 0.3) is 10.8 Å². The van der Waals surface area contributed by atoms with E-state index in [9.17, 15) is 0 Å². The number of allylic oxidation sites excluding steroid dienone is 1. The van der Waals surface area contributed by atoms with Crippen LogP contribution in [0.1, 0.15) is 13.8 Å². The topological polar surface area (TPSA) is 74.6 Å². The molecule has 0 amide bonds. The van der Waals surface area contributed by atoms with Crippen LogP contribution in [0, 0.1) is 0 Å². The Labute approximate surface area is 142 Å². The number of benzene rings is 2. The Bertz CT molecular complexity index is 546. The Kier molecular flexibility index (Phi) is 11.9. The van der Waals surface area contributed by atoms with Crippen molar-refractivity contribution in [2.75, 3.05) is 0 Å². The van der Waals surface area contributed by atoms with Crippen molar-refractivity contribution in [2.24, 2.45) is 0 Å². The minimum absolute atomic E-state index is 0. The molecule has 0 saturated heterocycles. The molecule has 0 bridgehead atoms. The van der Waals surface area contributed by atoms with Crippen LogP contribution in [0.3, 0.4) is 0 Å². The van der Waals surface area contributed by atoms with Gasteiger partial charge in [-0.05, 0) is 24.6 Å². The van der Waals surface area contributed by atoms with Gasteiger partial charge in [-0.15, -0.1) is 6.58 Å². The predicted octanol–water partition coefficient (Wildman–Crippen LogP) is 3.39. The maximum Gasteiger partial charge on any atom is 0.394 e. The van der Waals surface area contributed by atoms with Gasteiger partial charge >= 0.3 is 10.4 Å². The quantitative estimate of drug-likeness (QED) is 0.444. The molecule has 1 radical (unpaired) electrons. The van der Waals surface area contributed by atoms with Crippen LogP contribution >= 0.6 is 0 Å². The van der Waals surface area contributed by atoms with Gasteiger partial charge < -0.3 is 0 Å². The first-order valence-corrected chi connectivity index (χ1v) is 6.85. The van der Waals surface area contributed by atoms with Crippen molar-refractivity contribution >= 4 is 50.7 Å². The van der Waals surface area contributed by atoms with Gasteiger partial charge in [0.15, 0.2) is 0 Å². The smallest absolute Gasteiger partial charge is 0.264 e. The number of rotatable bonds is 0. The van der Waals surface area contributed by atoms with Crippen LogP contribution in [0.2, 0.25) is 0 Å². The summed E-state index contributed by atoms with van der Waals surface area (Å²) in [5.41, 5.74) is 1.17. The van der Waals surface area contributed by atoms with Crippen LogP contribution in [-0.2, 0) is 10.4 Å². The van der Waals surface area contributed by atoms with Gasteiger partial charge in [0.2, 0.25) is 0 Å². The molecule has 4 nitrogen and oxygen atoms in total. The maximum absolute atomic E-state index is 8.74. The minimum Gasteiger partial charge on any atom is -0.264 e. The van der Waals surface area contributed by atoms with Crippen molar-refractivity contribution < 1.29 is 17.5 Å². The van der Waals surface area contributed by atoms with Crippen molar-refractivity contribution in [1.29, 1.82) is 0 Å². The fourth-order valence-corrected chi connectivity index (χ4v) is 1.13. The van der Waals surface area contributed by atoms with Crippen molar-refractivity contribution in [2.45, 2.75) is 13.8 Å². The van der Waals surface area contributed by atoms with Gasteiger partial charge in [0, 0.05) is 29.6 Å². The first-order valence-electron chi connectivity index (χ1n) is 5.46. The van der Waals surface area contributed by atoms with Crippen LogP contribution < -0.4 is 0 Å². The summed E-state index contributed by atoms with van der Waals surface area (Å²) in [5, 5.41) is 2.62. The van der Waals surface area contributed by atoms with Crippen molar-refractivity contribution in [1.82, 2.24) is 0 Å². The third-order valence-electron chi connectivity index (χ3n) is 1.66. The molecule has 2 rings (SSSR count). The Morgan fingerprint density at radius 1 is 0.900 bits per heavy atom. The third-order valence-corrected chi connectivity index (χ3v) is 1.66. The van der Waals surface area contributed by atoms with Crippen LogP contribution in [0.15, 0.2) is 60.7 Å². The van der Waals surface area contributed by atoms with E-state index in [2.05, 4.69) is 55.1 Å². The van der Waals surface area contributed by atoms with E-state index in [0.29, 0.717) is 0 Å². The molecule has 0 heterocycles. The van der Waals surface area contributed by atoms with E-state index in [1.54, 1.807) is 0 Å². The molecule has 0 aromatic heterocycles. The van der Waals surface area contributed by atoms with E-state index in [0.717, 1.165) is 0 Å². The van der Waals surface area contributed by atoms with E-state index in [-0.39, 0.29) is 29.6 Å². The second-order valence-electron chi connectivity index (χ2n) is 4.00. The van der Waals surface area contributed by atoms with E-state index >= 15 is 0 Å². The first kappa shape index (κ1) is 21.6. The summed E-state index contributed by atoms with van der Waals surface area (Å²) >= 11 is 0. The summed E-state index contributed by atoms with van der Waals surface area (Å²) < 4.78 is 31.6. The van der Waals surface area contributed by atoms with Crippen LogP contribution in [0.5, 0.6) is 0 Å². The number of hydrogen-bond acceptors (Lipinski definition) is 2. The van der Waals surface area contributed by atoms with Gasteiger partial charge in [-0.3, -0.25) is 9.11 Å². The standard InChI is InChI=1S/C10H8.C4H8.Na.H2O4S/c1-2-6-10-8-4-3-7-9(10)5-1;1-4(2)3;;1-5(2,3)4/h1-8H;1H2,2-3H3;;(H2,1,2,3,4). The molecule has 0 saturated carbocycles. The minimum atomic E-state index is -4.67. The zero-order chi connectivity index (χ0) is 14.9. The predicted molar refractivity (Wildman–Crippen MR) is 84.4 cm³/mol. The average Bonchev–Trinajstić information content (AvgIpc) is 2.26. The summed E-state index contributed by atoms with van der Waals surface area (Å²) in [5.74, 6) is 0. The van der Waals surface area contributed by atoms with Crippen molar-refractivity contribution in [3.8, 4) is 0 Å². The summed E-state index contributed by atoms with van der Waals surface area (Å²) in [6.07, 6.45) is 0. The van der Waals surface area contributed by atoms with Crippen molar-refractivity contribution in [3.63, 3.8) is 0 Å². The van der Waals surface area contributed by atoms with Crippen LogP contribution in [0.4, 0.5) is 0 Å². The molecule has 0 fully saturated rings. The number of hydrogen-bond donors (Lipinski definition) is 2. The summed E-state index contributed by atoms with van der Waals surface area (Å²) in [7, 11) is -4.67. The van der Waals surface area contributed by atoms with E-state index in [4.69, 9.17) is 17.5 Å². The van der Waals surface area contributed by atoms with Crippen molar-refractivity contribution in [3.05, 3.63) is 60.7 Å². The van der Waals surface area contributed by atoms with E-state index in [1.165, 1.54) is 16.3 Å². The number of fused-ring (bicyclic) bond motifs is 1. The Morgan fingerprint density at radius 2 is 1.05 bits per heavy atom. The molecule has 0 atom stereocenters. The first-order chi connectivity index (χ1) is 8.70. The van der Waals surface area contributed by atoms with Gasteiger partial charge in [0.05, 0.1) is 0 Å². The SMILES string of the molecule is C=C(C)C.O=S(=O)(O)O.[Na].c1ccc2ccccc2c1. The van der Waals surface area contributed by atoms with Crippen LogP contribution in [-0.4, -0.2) is 47.1 Å². The zero-order valence-corrected chi connectivity index (χ0v) is 14.8. The Morgan fingerprint density at radius 3 is 1.20 bits per heavy atom. The Balaban J connectivity index is 0. The molecule has 2 N–H and O–H groups in total. The summed E-state index contributed by atoms with van der Waals surface area (Å²) in [6.45, 7) is 7.50. The molecule has 0 aliphatic carbocycles. The molecule has 20 heavy (non-hydrogen) atoms. The molecular formula is C14H18NaO4S. The molecular weight excluding hydrogens is 287 g/mol. The molecule has 0 spiro atoms. The van der Waals surface area contributed by atoms with Gasteiger partial charge in [-0.2, -0.15) is 8.42 Å². The van der Waals surface area contributed by atoms with E-state index < -0.39 is 10.4 Å². The summed E-state index contributed by atoms with van der Waals surface area (Å²) in [4.78, 5) is 0. The van der Waals surface area contributed by atoms with Gasteiger partial charge in [0.25, 0.3) is 0 Å². The van der Waals surface area contributed by atoms with Gasteiger partial charge in [-0.25, -0.2) is 0 Å². The normalized spacial score (nSPS) is 9.20. The van der Waals surface area contributed by atoms with Gasteiger partial charge in [0.1, 0.15) is 0 Å².